The van der Waals surface area contributed by atoms with E-state index < -0.39 is 11.9 Å². The first-order valence-corrected chi connectivity index (χ1v) is 9.17. The number of carboxylic acid groups (broad SMARTS) is 1. The number of hydrogen-bond donors (Lipinski definition) is 2. The molecule has 0 saturated carbocycles. The first-order valence-electron chi connectivity index (χ1n) is 8.29. The van der Waals surface area contributed by atoms with Crippen LogP contribution in [0.3, 0.4) is 0 Å². The number of aryl methyl sites for hydroxylation is 1. The summed E-state index contributed by atoms with van der Waals surface area (Å²) < 4.78 is 5.33. The van der Waals surface area contributed by atoms with Crippen molar-refractivity contribution in [3.63, 3.8) is 0 Å². The Bertz CT molecular complexity index is 895. The second-order valence-electron chi connectivity index (χ2n) is 6.23. The van der Waals surface area contributed by atoms with Crippen molar-refractivity contribution in [3.8, 4) is 5.75 Å². The second-order valence-corrected chi connectivity index (χ2v) is 7.17. The van der Waals surface area contributed by atoms with Crippen molar-refractivity contribution < 1.29 is 24.2 Å². The predicted molar refractivity (Wildman–Crippen MR) is 99.1 cm³/mol. The molecule has 0 aliphatic carbocycles. The minimum Gasteiger partial charge on any atom is -0.495 e. The zero-order valence-electron chi connectivity index (χ0n) is 14.9. The third kappa shape index (κ3) is 4.08. The number of carbonyl (C=O) groups is 3. The van der Waals surface area contributed by atoms with Crippen LogP contribution in [0.25, 0.3) is 0 Å². The first kappa shape index (κ1) is 18.8. The molecule has 1 fully saturated rings. The smallest absolute Gasteiger partial charge is 0.355 e. The number of nitrogens with zero attached hydrogens (tertiary/aromatic N) is 2. The van der Waals surface area contributed by atoms with Crippen LogP contribution in [0.1, 0.15) is 27.5 Å². The average Bonchev–Trinajstić information content (AvgIpc) is 3.26. The van der Waals surface area contributed by atoms with Gasteiger partial charge in [0.1, 0.15) is 10.8 Å². The summed E-state index contributed by atoms with van der Waals surface area (Å²) in [5, 5.41) is 13.5. The van der Waals surface area contributed by atoms with E-state index in [1.165, 1.54) is 23.8 Å². The molecule has 8 nitrogen and oxygen atoms in total. The standard InChI is InChI=1S/C18H19N3O5S/c1-10-3-4-14(26-2)13(5-10)21-8-11(6-16(21)22)17(23)19-7-15-20-12(9-27-15)18(24)25/h3-5,9,11H,6-8H2,1-2H3,(H,19,23)(H,24,25)/t11-/m0/s1. The zero-order valence-corrected chi connectivity index (χ0v) is 15.7. The van der Waals surface area contributed by atoms with Gasteiger partial charge in [0.25, 0.3) is 0 Å². The number of thiazole rings is 1. The van der Waals surface area contributed by atoms with Crippen molar-refractivity contribution >= 4 is 34.8 Å². The summed E-state index contributed by atoms with van der Waals surface area (Å²) in [6.45, 7) is 2.32. The van der Waals surface area contributed by atoms with Gasteiger partial charge in [-0.1, -0.05) is 6.07 Å². The number of aromatic nitrogens is 1. The highest BCUT2D eigenvalue weighted by atomic mass is 32.1. The van der Waals surface area contributed by atoms with Gasteiger partial charge in [-0.3, -0.25) is 9.59 Å². The van der Waals surface area contributed by atoms with Gasteiger partial charge in [0.2, 0.25) is 11.8 Å². The van der Waals surface area contributed by atoms with E-state index in [0.717, 1.165) is 5.56 Å². The van der Waals surface area contributed by atoms with Crippen LogP contribution in [0.2, 0.25) is 0 Å². The lowest BCUT2D eigenvalue weighted by atomic mass is 10.1. The van der Waals surface area contributed by atoms with Crippen molar-refractivity contribution in [2.75, 3.05) is 18.6 Å². The lowest BCUT2D eigenvalue weighted by Gasteiger charge is -2.20. The van der Waals surface area contributed by atoms with Crippen LogP contribution in [-0.4, -0.2) is 41.5 Å². The highest BCUT2D eigenvalue weighted by Gasteiger charge is 2.36. The molecule has 1 aromatic heterocycles. The zero-order chi connectivity index (χ0) is 19.6. The maximum absolute atomic E-state index is 12.4. The Morgan fingerprint density at radius 3 is 2.89 bits per heavy atom. The molecule has 1 aromatic carbocycles. The van der Waals surface area contributed by atoms with E-state index in [9.17, 15) is 14.4 Å². The van der Waals surface area contributed by atoms with E-state index in [1.54, 1.807) is 11.0 Å². The van der Waals surface area contributed by atoms with Crippen LogP contribution in [0.5, 0.6) is 5.75 Å². The largest absolute Gasteiger partial charge is 0.495 e. The molecular formula is C18H19N3O5S. The highest BCUT2D eigenvalue weighted by molar-refractivity contribution is 7.09. The molecule has 1 saturated heterocycles. The molecule has 2 amide bonds. The fourth-order valence-electron chi connectivity index (χ4n) is 2.92. The summed E-state index contributed by atoms with van der Waals surface area (Å²) in [5.74, 6) is -1.40. The number of aromatic carboxylic acids is 1. The van der Waals surface area contributed by atoms with Crippen LogP contribution in [0.15, 0.2) is 23.6 Å². The third-order valence-electron chi connectivity index (χ3n) is 4.31. The Labute approximate surface area is 159 Å². The van der Waals surface area contributed by atoms with Crippen molar-refractivity contribution in [1.29, 1.82) is 0 Å². The number of carboxylic acids is 1. The fourth-order valence-corrected chi connectivity index (χ4v) is 3.63. The number of amides is 2. The van der Waals surface area contributed by atoms with Gasteiger partial charge in [-0.2, -0.15) is 0 Å². The number of nitrogens with one attached hydrogen (secondary N) is 1. The number of methoxy groups -OCH3 is 1. The molecule has 3 rings (SSSR count). The SMILES string of the molecule is COc1ccc(C)cc1N1C[C@@H](C(=O)NCc2nc(C(=O)O)cs2)CC1=O. The summed E-state index contributed by atoms with van der Waals surface area (Å²) in [6.07, 6.45) is 0.112. The summed E-state index contributed by atoms with van der Waals surface area (Å²) in [4.78, 5) is 41.2. The van der Waals surface area contributed by atoms with Crippen LogP contribution in [-0.2, 0) is 16.1 Å². The Morgan fingerprint density at radius 2 is 2.22 bits per heavy atom. The number of ether oxygens (including phenoxy) is 1. The molecule has 0 spiro atoms. The lowest BCUT2D eigenvalue weighted by Crippen LogP contribution is -2.32. The molecule has 1 aliphatic heterocycles. The van der Waals surface area contributed by atoms with E-state index in [4.69, 9.17) is 9.84 Å². The summed E-state index contributed by atoms with van der Waals surface area (Å²) >= 11 is 1.17. The van der Waals surface area contributed by atoms with Gasteiger partial charge in [-0.05, 0) is 24.6 Å². The molecular weight excluding hydrogens is 370 g/mol. The number of benzene rings is 1. The molecule has 0 radical (unpaired) electrons. The normalized spacial score (nSPS) is 16.4. The maximum Gasteiger partial charge on any atom is 0.355 e. The molecule has 9 heteroatoms. The van der Waals surface area contributed by atoms with Crippen LogP contribution in [0, 0.1) is 12.8 Å². The van der Waals surface area contributed by atoms with E-state index in [1.807, 2.05) is 19.1 Å². The third-order valence-corrected chi connectivity index (χ3v) is 5.15. The van der Waals surface area contributed by atoms with E-state index in [-0.39, 0.29) is 37.0 Å². The van der Waals surface area contributed by atoms with Crippen LogP contribution < -0.4 is 15.0 Å². The van der Waals surface area contributed by atoms with Gasteiger partial charge < -0.3 is 20.1 Å². The van der Waals surface area contributed by atoms with Crippen LogP contribution in [0.4, 0.5) is 5.69 Å². The van der Waals surface area contributed by atoms with Gasteiger partial charge >= 0.3 is 5.97 Å². The van der Waals surface area contributed by atoms with Crippen molar-refractivity contribution in [2.45, 2.75) is 19.9 Å². The number of rotatable bonds is 6. The molecule has 27 heavy (non-hydrogen) atoms. The minimum atomic E-state index is -1.10. The first-order chi connectivity index (χ1) is 12.9. The van der Waals surface area contributed by atoms with Crippen LogP contribution >= 0.6 is 11.3 Å². The Kier molecular flexibility index (Phi) is 5.41. The van der Waals surface area contributed by atoms with E-state index in [0.29, 0.717) is 16.4 Å². The highest BCUT2D eigenvalue weighted by Crippen LogP contribution is 2.33. The summed E-state index contributed by atoms with van der Waals surface area (Å²) in [6, 6.07) is 5.56. The monoisotopic (exact) mass is 389 g/mol. The molecule has 1 atom stereocenters. The quantitative estimate of drug-likeness (QED) is 0.780. The molecule has 0 bridgehead atoms. The molecule has 1 aliphatic rings. The van der Waals surface area contributed by atoms with E-state index >= 15 is 0 Å². The molecule has 142 valence electrons. The lowest BCUT2D eigenvalue weighted by molar-refractivity contribution is -0.126. The molecule has 2 N–H and O–H groups in total. The van der Waals surface area contributed by atoms with Gasteiger partial charge in [0.15, 0.2) is 5.69 Å². The number of anilines is 1. The minimum absolute atomic E-state index is 0.0435. The van der Waals surface area contributed by atoms with Gasteiger partial charge in [0, 0.05) is 18.3 Å². The second kappa shape index (κ2) is 7.75. The van der Waals surface area contributed by atoms with Gasteiger partial charge in [0.05, 0.1) is 25.3 Å². The van der Waals surface area contributed by atoms with Crippen molar-refractivity contribution in [1.82, 2.24) is 10.3 Å². The van der Waals surface area contributed by atoms with Crippen molar-refractivity contribution in [2.24, 2.45) is 5.92 Å². The fraction of sp³-hybridized carbons (Fsp3) is 0.333. The topological polar surface area (TPSA) is 109 Å². The average molecular weight is 389 g/mol. The van der Waals surface area contributed by atoms with E-state index in [2.05, 4.69) is 10.3 Å². The summed E-state index contributed by atoms with van der Waals surface area (Å²) in [7, 11) is 1.54. The Balaban J connectivity index is 1.65. The number of hydrogen-bond acceptors (Lipinski definition) is 6. The molecule has 0 unspecified atom stereocenters. The summed E-state index contributed by atoms with van der Waals surface area (Å²) in [5.41, 5.74) is 1.60. The maximum atomic E-state index is 12.4. The molecule has 2 heterocycles. The van der Waals surface area contributed by atoms with Gasteiger partial charge in [-0.15, -0.1) is 11.3 Å². The Morgan fingerprint density at radius 1 is 1.44 bits per heavy atom. The van der Waals surface area contributed by atoms with Crippen molar-refractivity contribution in [3.05, 3.63) is 39.8 Å². The Hall–Kier alpha value is -2.94. The van der Waals surface area contributed by atoms with Gasteiger partial charge in [-0.25, -0.2) is 9.78 Å². The number of carbonyl (C=O) groups excluding carboxylic acids is 2. The molecule has 2 aromatic rings. The predicted octanol–water partition coefficient (Wildman–Crippen LogP) is 1.83.